The van der Waals surface area contributed by atoms with Gasteiger partial charge in [0, 0.05) is 18.8 Å². The van der Waals surface area contributed by atoms with Gasteiger partial charge >= 0.3 is 0 Å². The molecule has 2 N–H and O–H groups in total. The van der Waals surface area contributed by atoms with Crippen molar-refractivity contribution in [1.29, 1.82) is 0 Å². The van der Waals surface area contributed by atoms with Gasteiger partial charge < -0.3 is 15.0 Å². The number of anilines is 1. The van der Waals surface area contributed by atoms with Gasteiger partial charge in [-0.2, -0.15) is 0 Å². The lowest BCUT2D eigenvalue weighted by Gasteiger charge is -2.36. The Kier molecular flexibility index (Phi) is 2.52. The third kappa shape index (κ3) is 1.66. The van der Waals surface area contributed by atoms with Crippen molar-refractivity contribution in [3.63, 3.8) is 0 Å². The number of hydrogen-bond acceptors (Lipinski definition) is 3. The highest BCUT2D eigenvalue weighted by atomic mass is 19.1. The molecule has 0 aliphatic carbocycles. The molecule has 0 spiro atoms. The molecule has 96 valence electrons. The fraction of sp³-hybridized carbons (Fsp3) is 0.462. The first-order valence-corrected chi connectivity index (χ1v) is 6.12. The summed E-state index contributed by atoms with van der Waals surface area (Å²) in [5, 5.41) is 0. The molecule has 5 heteroatoms. The monoisotopic (exact) mass is 249 g/mol. The second-order valence-corrected chi connectivity index (χ2v) is 5.05. The lowest BCUT2D eigenvalue weighted by Crippen LogP contribution is -2.37. The highest BCUT2D eigenvalue weighted by Gasteiger charge is 2.32. The molecule has 1 aromatic carbocycles. The van der Waals surface area contributed by atoms with Crippen molar-refractivity contribution < 1.29 is 9.13 Å². The van der Waals surface area contributed by atoms with Gasteiger partial charge in [0.1, 0.15) is 5.82 Å². The van der Waals surface area contributed by atoms with Crippen LogP contribution in [0.25, 0.3) is 11.0 Å². The molecule has 1 saturated heterocycles. The summed E-state index contributed by atoms with van der Waals surface area (Å²) < 4.78 is 20.8. The maximum atomic E-state index is 13.4. The number of imidazole rings is 1. The third-order valence-corrected chi connectivity index (χ3v) is 3.75. The quantitative estimate of drug-likeness (QED) is 0.843. The largest absolute Gasteiger partial charge is 0.381 e. The molecule has 1 aliphatic heterocycles. The lowest BCUT2D eigenvalue weighted by atomic mass is 9.92. The Hall–Kier alpha value is -1.62. The molecular weight excluding hydrogens is 233 g/mol. The Morgan fingerprint density at radius 2 is 2.11 bits per heavy atom. The first-order chi connectivity index (χ1) is 8.60. The van der Waals surface area contributed by atoms with Crippen molar-refractivity contribution >= 4 is 17.0 Å². The van der Waals surface area contributed by atoms with Crippen LogP contribution < -0.4 is 5.73 Å². The van der Waals surface area contributed by atoms with Gasteiger partial charge in [-0.3, -0.25) is 0 Å². The van der Waals surface area contributed by atoms with E-state index in [2.05, 4.69) is 11.9 Å². The highest BCUT2D eigenvalue weighted by Crippen LogP contribution is 2.34. The first kappa shape index (κ1) is 11.5. The fourth-order valence-corrected chi connectivity index (χ4v) is 2.67. The minimum absolute atomic E-state index is 0.148. The summed E-state index contributed by atoms with van der Waals surface area (Å²) in [4.78, 5) is 4.31. The number of benzene rings is 1. The average Bonchev–Trinajstić information content (AvgIpc) is 2.66. The van der Waals surface area contributed by atoms with E-state index in [9.17, 15) is 4.39 Å². The van der Waals surface area contributed by atoms with Gasteiger partial charge in [0.05, 0.1) is 11.0 Å². The first-order valence-electron chi connectivity index (χ1n) is 6.12. The predicted molar refractivity (Wildman–Crippen MR) is 67.8 cm³/mol. The molecule has 18 heavy (non-hydrogen) atoms. The van der Waals surface area contributed by atoms with Crippen LogP contribution in [0.5, 0.6) is 0 Å². The molecule has 0 unspecified atom stereocenters. The van der Waals surface area contributed by atoms with E-state index in [4.69, 9.17) is 10.5 Å². The van der Waals surface area contributed by atoms with Crippen LogP contribution in [0, 0.1) is 5.82 Å². The van der Waals surface area contributed by atoms with E-state index in [1.54, 1.807) is 6.07 Å². The maximum absolute atomic E-state index is 13.4. The van der Waals surface area contributed by atoms with Crippen LogP contribution in [0.1, 0.15) is 19.8 Å². The maximum Gasteiger partial charge on any atom is 0.201 e. The van der Waals surface area contributed by atoms with Crippen LogP contribution in [0.2, 0.25) is 0 Å². The predicted octanol–water partition coefficient (Wildman–Crippen LogP) is 2.28. The minimum Gasteiger partial charge on any atom is -0.381 e. The molecular formula is C13H16FN3O. The molecule has 1 aromatic heterocycles. The molecule has 3 rings (SSSR count). The Morgan fingerprint density at radius 1 is 1.39 bits per heavy atom. The minimum atomic E-state index is -0.265. The SMILES string of the molecule is CC1(n2c(N)nc3ccc(F)cc32)CCOCC1. The molecule has 2 heterocycles. The number of rotatable bonds is 1. The Balaban J connectivity index is 2.20. The summed E-state index contributed by atoms with van der Waals surface area (Å²) in [6, 6.07) is 4.57. The van der Waals surface area contributed by atoms with E-state index in [1.165, 1.54) is 12.1 Å². The molecule has 0 radical (unpaired) electrons. The van der Waals surface area contributed by atoms with Gasteiger partial charge in [0.2, 0.25) is 5.95 Å². The van der Waals surface area contributed by atoms with Gasteiger partial charge in [0.25, 0.3) is 0 Å². The van der Waals surface area contributed by atoms with E-state index in [1.807, 2.05) is 4.57 Å². The average molecular weight is 249 g/mol. The summed E-state index contributed by atoms with van der Waals surface area (Å²) in [5.74, 6) is 0.180. The fourth-order valence-electron chi connectivity index (χ4n) is 2.67. The smallest absolute Gasteiger partial charge is 0.201 e. The lowest BCUT2D eigenvalue weighted by molar-refractivity contribution is 0.0320. The Labute approximate surface area is 105 Å². The van der Waals surface area contributed by atoms with Gasteiger partial charge in [-0.05, 0) is 38.0 Å². The second-order valence-electron chi connectivity index (χ2n) is 5.05. The van der Waals surface area contributed by atoms with Crippen molar-refractivity contribution in [1.82, 2.24) is 9.55 Å². The Morgan fingerprint density at radius 3 is 2.83 bits per heavy atom. The molecule has 4 nitrogen and oxygen atoms in total. The summed E-state index contributed by atoms with van der Waals surface area (Å²) in [6.45, 7) is 3.52. The topological polar surface area (TPSA) is 53.1 Å². The molecule has 0 amide bonds. The van der Waals surface area contributed by atoms with Crippen LogP contribution in [0.3, 0.4) is 0 Å². The number of halogens is 1. The van der Waals surface area contributed by atoms with E-state index < -0.39 is 0 Å². The van der Waals surface area contributed by atoms with Gasteiger partial charge in [0.15, 0.2) is 0 Å². The third-order valence-electron chi connectivity index (χ3n) is 3.75. The summed E-state index contributed by atoms with van der Waals surface area (Å²) >= 11 is 0. The number of nitrogens with two attached hydrogens (primary N) is 1. The zero-order valence-electron chi connectivity index (χ0n) is 10.3. The van der Waals surface area contributed by atoms with Crippen molar-refractivity contribution in [3.8, 4) is 0 Å². The number of aromatic nitrogens is 2. The van der Waals surface area contributed by atoms with Gasteiger partial charge in [-0.25, -0.2) is 9.37 Å². The van der Waals surface area contributed by atoms with Crippen LogP contribution >= 0.6 is 0 Å². The Bertz CT molecular complexity index is 587. The molecule has 1 fully saturated rings. The second kappa shape index (κ2) is 3.95. The molecule has 0 bridgehead atoms. The van der Waals surface area contributed by atoms with Crippen LogP contribution in [0.15, 0.2) is 18.2 Å². The number of nitrogen functional groups attached to an aromatic ring is 1. The van der Waals surface area contributed by atoms with Crippen molar-refractivity contribution in [3.05, 3.63) is 24.0 Å². The highest BCUT2D eigenvalue weighted by molar-refractivity contribution is 5.78. The zero-order chi connectivity index (χ0) is 12.8. The standard InChI is InChI=1S/C13H16FN3O/c1-13(4-6-18-7-5-13)17-11-8-9(14)2-3-10(11)16-12(17)15/h2-3,8H,4-7H2,1H3,(H2,15,16). The number of fused-ring (bicyclic) bond motifs is 1. The van der Waals surface area contributed by atoms with Crippen LogP contribution in [0.4, 0.5) is 10.3 Å². The molecule has 0 atom stereocenters. The van der Waals surface area contributed by atoms with Crippen molar-refractivity contribution in [2.75, 3.05) is 18.9 Å². The van der Waals surface area contributed by atoms with Crippen LogP contribution in [-0.2, 0) is 10.3 Å². The van der Waals surface area contributed by atoms with Gasteiger partial charge in [-0.15, -0.1) is 0 Å². The number of ether oxygens (including phenoxy) is 1. The van der Waals surface area contributed by atoms with Crippen LogP contribution in [-0.4, -0.2) is 22.8 Å². The molecule has 0 saturated carbocycles. The van der Waals surface area contributed by atoms with E-state index in [0.717, 1.165) is 23.9 Å². The van der Waals surface area contributed by atoms with E-state index >= 15 is 0 Å². The van der Waals surface area contributed by atoms with E-state index in [0.29, 0.717) is 19.2 Å². The van der Waals surface area contributed by atoms with E-state index in [-0.39, 0.29) is 11.4 Å². The summed E-state index contributed by atoms with van der Waals surface area (Å²) in [7, 11) is 0. The molecule has 1 aliphatic rings. The normalized spacial score (nSPS) is 19.2. The summed E-state index contributed by atoms with van der Waals surface area (Å²) in [6.07, 6.45) is 1.72. The van der Waals surface area contributed by atoms with Gasteiger partial charge in [-0.1, -0.05) is 0 Å². The van der Waals surface area contributed by atoms with Crippen molar-refractivity contribution in [2.45, 2.75) is 25.3 Å². The number of hydrogen-bond donors (Lipinski definition) is 1. The number of nitrogens with zero attached hydrogens (tertiary/aromatic N) is 2. The van der Waals surface area contributed by atoms with Crippen molar-refractivity contribution in [2.24, 2.45) is 0 Å². The zero-order valence-corrected chi connectivity index (χ0v) is 10.3. The molecule has 2 aromatic rings. The summed E-state index contributed by atoms with van der Waals surface area (Å²) in [5.41, 5.74) is 7.36.